The van der Waals surface area contributed by atoms with Crippen molar-refractivity contribution in [2.75, 3.05) is 19.0 Å². The Hall–Kier alpha value is -2.28. The SMILES string of the molecule is C[C@@H](NC(=O)NCc1nc(N(C)C)no1)c1ccc(Cl)cc1. The Labute approximate surface area is 133 Å². The number of carbonyl (C=O) groups excluding carboxylic acids is 1. The highest BCUT2D eigenvalue weighted by Gasteiger charge is 2.12. The molecule has 2 amide bonds. The lowest BCUT2D eigenvalue weighted by Gasteiger charge is -2.14. The van der Waals surface area contributed by atoms with E-state index in [-0.39, 0.29) is 18.6 Å². The van der Waals surface area contributed by atoms with Crippen LogP contribution in [0.2, 0.25) is 5.02 Å². The van der Waals surface area contributed by atoms with E-state index >= 15 is 0 Å². The van der Waals surface area contributed by atoms with Crippen LogP contribution >= 0.6 is 11.6 Å². The number of aromatic nitrogens is 2. The fourth-order valence-corrected chi connectivity index (χ4v) is 1.86. The van der Waals surface area contributed by atoms with E-state index in [0.29, 0.717) is 16.9 Å². The van der Waals surface area contributed by atoms with Crippen molar-refractivity contribution < 1.29 is 9.32 Å². The standard InChI is InChI=1S/C14H18ClN5O2/c1-9(10-4-6-11(15)7-5-10)17-14(21)16-8-12-18-13(19-22-12)20(2)3/h4-7,9H,8H2,1-3H3,(H2,16,17,21)/t9-/m1/s1. The van der Waals surface area contributed by atoms with Crippen molar-refractivity contribution in [2.24, 2.45) is 0 Å². The van der Waals surface area contributed by atoms with Gasteiger partial charge in [0.1, 0.15) is 0 Å². The number of benzene rings is 1. The first-order chi connectivity index (χ1) is 10.5. The molecule has 1 aromatic carbocycles. The molecule has 0 bridgehead atoms. The second kappa shape index (κ2) is 7.13. The molecule has 118 valence electrons. The summed E-state index contributed by atoms with van der Waals surface area (Å²) in [5, 5.41) is 9.92. The molecule has 1 aromatic heterocycles. The first kappa shape index (κ1) is 16.1. The van der Waals surface area contributed by atoms with Crippen LogP contribution in [0.5, 0.6) is 0 Å². The van der Waals surface area contributed by atoms with Crippen molar-refractivity contribution in [3.05, 3.63) is 40.7 Å². The summed E-state index contributed by atoms with van der Waals surface area (Å²) in [5.74, 6) is 0.810. The molecule has 1 atom stereocenters. The van der Waals surface area contributed by atoms with Gasteiger partial charge in [0.15, 0.2) is 0 Å². The van der Waals surface area contributed by atoms with E-state index in [0.717, 1.165) is 5.56 Å². The van der Waals surface area contributed by atoms with Crippen molar-refractivity contribution in [3.8, 4) is 0 Å². The van der Waals surface area contributed by atoms with Gasteiger partial charge in [-0.2, -0.15) is 4.98 Å². The quantitative estimate of drug-likeness (QED) is 0.882. The third-order valence-electron chi connectivity index (χ3n) is 2.98. The van der Waals surface area contributed by atoms with E-state index in [1.807, 2.05) is 33.2 Å². The van der Waals surface area contributed by atoms with Gasteiger partial charge in [-0.15, -0.1) is 0 Å². The highest BCUT2D eigenvalue weighted by atomic mass is 35.5. The van der Waals surface area contributed by atoms with Gasteiger partial charge in [0.2, 0.25) is 5.89 Å². The number of urea groups is 1. The lowest BCUT2D eigenvalue weighted by molar-refractivity contribution is 0.235. The molecule has 2 rings (SSSR count). The van der Waals surface area contributed by atoms with Gasteiger partial charge < -0.3 is 20.1 Å². The van der Waals surface area contributed by atoms with E-state index in [4.69, 9.17) is 16.1 Å². The molecule has 8 heteroatoms. The Balaban J connectivity index is 1.83. The molecule has 0 saturated heterocycles. The highest BCUT2D eigenvalue weighted by Crippen LogP contribution is 2.15. The van der Waals surface area contributed by atoms with Crippen LogP contribution in [-0.2, 0) is 6.54 Å². The summed E-state index contributed by atoms with van der Waals surface area (Å²) in [6, 6.07) is 6.86. The van der Waals surface area contributed by atoms with Crippen LogP contribution in [0, 0.1) is 0 Å². The van der Waals surface area contributed by atoms with Crippen molar-refractivity contribution in [2.45, 2.75) is 19.5 Å². The molecule has 0 spiro atoms. The predicted octanol–water partition coefficient (Wildman–Crippen LogP) is 2.35. The number of hydrogen-bond acceptors (Lipinski definition) is 5. The van der Waals surface area contributed by atoms with Crippen molar-refractivity contribution >= 4 is 23.6 Å². The molecular weight excluding hydrogens is 306 g/mol. The maximum absolute atomic E-state index is 11.9. The Morgan fingerprint density at radius 2 is 2.05 bits per heavy atom. The summed E-state index contributed by atoms with van der Waals surface area (Å²) in [5.41, 5.74) is 0.965. The van der Waals surface area contributed by atoms with Crippen molar-refractivity contribution in [1.82, 2.24) is 20.8 Å². The molecule has 0 unspecified atom stereocenters. The van der Waals surface area contributed by atoms with Gasteiger partial charge in [0.25, 0.3) is 5.95 Å². The molecule has 0 fully saturated rings. The van der Waals surface area contributed by atoms with Crippen LogP contribution in [-0.4, -0.2) is 30.3 Å². The largest absolute Gasteiger partial charge is 0.344 e. The van der Waals surface area contributed by atoms with Gasteiger partial charge in [-0.1, -0.05) is 23.7 Å². The molecule has 0 aliphatic rings. The zero-order valence-corrected chi connectivity index (χ0v) is 13.4. The van der Waals surface area contributed by atoms with E-state index in [1.165, 1.54) is 0 Å². The molecule has 1 heterocycles. The number of rotatable bonds is 5. The van der Waals surface area contributed by atoms with Crippen LogP contribution in [0.3, 0.4) is 0 Å². The van der Waals surface area contributed by atoms with Gasteiger partial charge in [-0.3, -0.25) is 0 Å². The average Bonchev–Trinajstić information content (AvgIpc) is 2.95. The minimum absolute atomic E-state index is 0.141. The lowest BCUT2D eigenvalue weighted by atomic mass is 10.1. The summed E-state index contributed by atoms with van der Waals surface area (Å²) in [6.07, 6.45) is 0. The van der Waals surface area contributed by atoms with Crippen molar-refractivity contribution in [3.63, 3.8) is 0 Å². The van der Waals surface area contributed by atoms with Gasteiger partial charge in [-0.25, -0.2) is 4.79 Å². The van der Waals surface area contributed by atoms with Crippen LogP contribution in [0.25, 0.3) is 0 Å². The first-order valence-electron chi connectivity index (χ1n) is 6.75. The molecular formula is C14H18ClN5O2. The first-order valence-corrected chi connectivity index (χ1v) is 7.13. The summed E-state index contributed by atoms with van der Waals surface area (Å²) in [6.45, 7) is 2.06. The van der Waals surface area contributed by atoms with E-state index < -0.39 is 0 Å². The number of hydrogen-bond donors (Lipinski definition) is 2. The lowest BCUT2D eigenvalue weighted by Crippen LogP contribution is -2.36. The normalized spacial score (nSPS) is 11.8. The Kier molecular flexibility index (Phi) is 5.21. The fourth-order valence-electron chi connectivity index (χ4n) is 1.74. The van der Waals surface area contributed by atoms with Gasteiger partial charge >= 0.3 is 6.03 Å². The van der Waals surface area contributed by atoms with E-state index in [1.54, 1.807) is 17.0 Å². The molecule has 0 radical (unpaired) electrons. The second-order valence-corrected chi connectivity index (χ2v) is 5.42. The topological polar surface area (TPSA) is 83.3 Å². The maximum atomic E-state index is 11.9. The Morgan fingerprint density at radius 1 is 1.36 bits per heavy atom. The smallest absolute Gasteiger partial charge is 0.315 e. The van der Waals surface area contributed by atoms with E-state index in [9.17, 15) is 4.79 Å². The summed E-state index contributed by atoms with van der Waals surface area (Å²) in [7, 11) is 3.62. The summed E-state index contributed by atoms with van der Waals surface area (Å²) in [4.78, 5) is 17.7. The van der Waals surface area contributed by atoms with Gasteiger partial charge in [-0.05, 0) is 29.8 Å². The number of carbonyl (C=O) groups is 1. The minimum Gasteiger partial charge on any atom is -0.344 e. The third-order valence-corrected chi connectivity index (χ3v) is 3.23. The predicted molar refractivity (Wildman–Crippen MR) is 83.9 cm³/mol. The molecule has 2 N–H and O–H groups in total. The molecule has 7 nitrogen and oxygen atoms in total. The molecule has 0 aliphatic heterocycles. The number of anilines is 1. The highest BCUT2D eigenvalue weighted by molar-refractivity contribution is 6.30. The van der Waals surface area contributed by atoms with Crippen LogP contribution < -0.4 is 15.5 Å². The Morgan fingerprint density at radius 3 is 2.64 bits per heavy atom. The van der Waals surface area contributed by atoms with Crippen molar-refractivity contribution in [1.29, 1.82) is 0 Å². The summed E-state index contributed by atoms with van der Waals surface area (Å²) < 4.78 is 5.02. The fraction of sp³-hybridized carbons (Fsp3) is 0.357. The minimum atomic E-state index is -0.313. The van der Waals surface area contributed by atoms with Gasteiger partial charge in [0.05, 0.1) is 12.6 Å². The zero-order valence-electron chi connectivity index (χ0n) is 12.6. The third kappa shape index (κ3) is 4.36. The molecule has 0 aliphatic carbocycles. The zero-order chi connectivity index (χ0) is 16.1. The number of amides is 2. The average molecular weight is 324 g/mol. The van der Waals surface area contributed by atoms with Crippen LogP contribution in [0.4, 0.5) is 10.7 Å². The van der Waals surface area contributed by atoms with Crippen LogP contribution in [0.1, 0.15) is 24.4 Å². The number of halogens is 1. The monoisotopic (exact) mass is 323 g/mol. The number of nitrogens with one attached hydrogen (secondary N) is 2. The molecule has 0 saturated carbocycles. The van der Waals surface area contributed by atoms with Crippen LogP contribution in [0.15, 0.2) is 28.8 Å². The molecule has 22 heavy (non-hydrogen) atoms. The Bertz CT molecular complexity index is 626. The molecule has 2 aromatic rings. The van der Waals surface area contributed by atoms with Gasteiger partial charge in [0, 0.05) is 19.1 Å². The maximum Gasteiger partial charge on any atom is 0.315 e. The van der Waals surface area contributed by atoms with E-state index in [2.05, 4.69) is 20.8 Å². The summed E-state index contributed by atoms with van der Waals surface area (Å²) >= 11 is 5.84. The number of nitrogens with zero attached hydrogens (tertiary/aromatic N) is 3. The second-order valence-electron chi connectivity index (χ2n) is 4.98.